The van der Waals surface area contributed by atoms with Gasteiger partial charge in [-0.2, -0.15) is 0 Å². The third-order valence-electron chi connectivity index (χ3n) is 2.93. The molecule has 0 aliphatic heterocycles. The fraction of sp³-hybridized carbons (Fsp3) is 1.00. The van der Waals surface area contributed by atoms with Crippen LogP contribution in [0.15, 0.2) is 0 Å². The first-order valence-corrected chi connectivity index (χ1v) is 7.76. The zero-order valence-electron chi connectivity index (χ0n) is 13.9. The van der Waals surface area contributed by atoms with Crippen molar-refractivity contribution in [2.45, 2.75) is 78.6 Å². The van der Waals surface area contributed by atoms with Crippen LogP contribution in [0.1, 0.15) is 60.3 Å². The van der Waals surface area contributed by atoms with E-state index in [2.05, 4.69) is 20.8 Å². The van der Waals surface area contributed by atoms with Crippen molar-refractivity contribution >= 4 is 0 Å². The Kier molecular flexibility index (Phi) is 10.5. The first-order valence-electron chi connectivity index (χ1n) is 7.76. The van der Waals surface area contributed by atoms with Gasteiger partial charge in [-0.25, -0.2) is 0 Å². The van der Waals surface area contributed by atoms with Gasteiger partial charge in [0.1, 0.15) is 0 Å². The minimum Gasteiger partial charge on any atom is -0.394 e. The zero-order valence-corrected chi connectivity index (χ0v) is 13.9. The van der Waals surface area contributed by atoms with Crippen molar-refractivity contribution < 1.29 is 19.7 Å². The smallest absolute Gasteiger partial charge is 0.0779 e. The van der Waals surface area contributed by atoms with Crippen LogP contribution in [0, 0.1) is 5.41 Å². The highest BCUT2D eigenvalue weighted by molar-refractivity contribution is 4.68. The van der Waals surface area contributed by atoms with Gasteiger partial charge in [0.2, 0.25) is 0 Å². The summed E-state index contributed by atoms with van der Waals surface area (Å²) in [5.74, 6) is 0. The van der Waals surface area contributed by atoms with Crippen molar-refractivity contribution in [3.8, 4) is 0 Å². The van der Waals surface area contributed by atoms with Crippen molar-refractivity contribution in [3.63, 3.8) is 0 Å². The highest BCUT2D eigenvalue weighted by atomic mass is 16.5. The normalized spacial score (nSPS) is 19.4. The molecule has 1 rings (SSSR count). The molecule has 0 aromatic rings. The number of rotatable bonds is 6. The van der Waals surface area contributed by atoms with E-state index in [0.29, 0.717) is 18.1 Å². The van der Waals surface area contributed by atoms with E-state index in [0.717, 1.165) is 6.61 Å². The van der Waals surface area contributed by atoms with Gasteiger partial charge in [0.05, 0.1) is 38.1 Å². The highest BCUT2D eigenvalue weighted by Crippen LogP contribution is 2.23. The number of hydrogen-bond acceptors (Lipinski definition) is 4. The molecule has 1 aliphatic rings. The van der Waals surface area contributed by atoms with Crippen LogP contribution in [0.4, 0.5) is 0 Å². The van der Waals surface area contributed by atoms with Gasteiger partial charge in [0.15, 0.2) is 0 Å². The maximum atomic E-state index is 8.69. The van der Waals surface area contributed by atoms with Crippen LogP contribution in [0.5, 0.6) is 0 Å². The third kappa shape index (κ3) is 12.9. The molecule has 122 valence electrons. The summed E-state index contributed by atoms with van der Waals surface area (Å²) >= 11 is 0. The predicted octanol–water partition coefficient (Wildman–Crippen LogP) is 2.76. The summed E-state index contributed by atoms with van der Waals surface area (Å²) in [6.07, 6.45) is 5.28. The van der Waals surface area contributed by atoms with Crippen LogP contribution < -0.4 is 0 Å². The van der Waals surface area contributed by atoms with Crippen LogP contribution in [-0.2, 0) is 9.47 Å². The summed E-state index contributed by atoms with van der Waals surface area (Å²) in [5, 5.41) is 17.1. The average molecular weight is 290 g/mol. The summed E-state index contributed by atoms with van der Waals surface area (Å²) < 4.78 is 10.7. The molecule has 0 aromatic heterocycles. The van der Waals surface area contributed by atoms with E-state index in [9.17, 15) is 0 Å². The summed E-state index contributed by atoms with van der Waals surface area (Å²) in [7, 11) is 0. The summed E-state index contributed by atoms with van der Waals surface area (Å²) in [6.45, 7) is 11.3. The topological polar surface area (TPSA) is 58.9 Å². The number of aliphatic hydroxyl groups is 2. The lowest BCUT2D eigenvalue weighted by molar-refractivity contribution is -0.0177. The Balaban J connectivity index is 0.000000370. The van der Waals surface area contributed by atoms with Crippen LogP contribution in [0.2, 0.25) is 0 Å². The fourth-order valence-corrected chi connectivity index (χ4v) is 1.78. The van der Waals surface area contributed by atoms with Gasteiger partial charge < -0.3 is 19.7 Å². The molecule has 0 heterocycles. The predicted molar refractivity (Wildman–Crippen MR) is 81.8 cm³/mol. The van der Waals surface area contributed by atoms with Crippen molar-refractivity contribution in [1.29, 1.82) is 0 Å². The Hall–Kier alpha value is -0.160. The molecule has 0 aromatic carbocycles. The molecule has 1 saturated carbocycles. The molecule has 1 fully saturated rings. The van der Waals surface area contributed by atoms with Gasteiger partial charge in [-0.05, 0) is 32.1 Å². The standard InChI is InChI=1S/C10H20O.C6H14O3/c1-10(2,3)8-11-9-6-4-5-7-9;1-5(8)4-9-6(2)3-7/h9H,4-8H2,1-3H3;5-8H,3-4H2,1-2H3. The number of hydrogen-bond donors (Lipinski definition) is 2. The molecule has 2 N–H and O–H groups in total. The van der Waals surface area contributed by atoms with Crippen LogP contribution >= 0.6 is 0 Å². The molecule has 1 aliphatic carbocycles. The Labute approximate surface area is 124 Å². The van der Waals surface area contributed by atoms with Gasteiger partial charge in [0, 0.05) is 0 Å². The minimum absolute atomic E-state index is 0.00667. The quantitative estimate of drug-likeness (QED) is 0.789. The van der Waals surface area contributed by atoms with E-state index in [-0.39, 0.29) is 12.7 Å². The lowest BCUT2D eigenvalue weighted by atomic mass is 9.98. The average Bonchev–Trinajstić information content (AvgIpc) is 2.86. The number of ether oxygens (including phenoxy) is 2. The lowest BCUT2D eigenvalue weighted by Gasteiger charge is -2.21. The highest BCUT2D eigenvalue weighted by Gasteiger charge is 2.18. The third-order valence-corrected chi connectivity index (χ3v) is 2.93. The fourth-order valence-electron chi connectivity index (χ4n) is 1.78. The van der Waals surface area contributed by atoms with Crippen molar-refractivity contribution in [3.05, 3.63) is 0 Å². The Morgan fingerprint density at radius 2 is 1.70 bits per heavy atom. The largest absolute Gasteiger partial charge is 0.394 e. The van der Waals surface area contributed by atoms with Gasteiger partial charge in [-0.3, -0.25) is 0 Å². The Morgan fingerprint density at radius 3 is 2.10 bits per heavy atom. The van der Waals surface area contributed by atoms with Crippen LogP contribution in [-0.4, -0.2) is 48.3 Å². The first kappa shape index (κ1) is 19.8. The van der Waals surface area contributed by atoms with Crippen LogP contribution in [0.3, 0.4) is 0 Å². The SMILES string of the molecule is CC(C)(C)COC1CCCC1.CC(O)COC(C)CO. The second-order valence-corrected chi connectivity index (χ2v) is 6.95. The monoisotopic (exact) mass is 290 g/mol. The maximum absolute atomic E-state index is 8.69. The van der Waals surface area contributed by atoms with Crippen molar-refractivity contribution in [2.24, 2.45) is 5.41 Å². The Morgan fingerprint density at radius 1 is 1.15 bits per heavy atom. The molecule has 0 spiro atoms. The Bertz CT molecular complexity index is 217. The molecular formula is C16H34O4. The van der Waals surface area contributed by atoms with E-state index in [1.54, 1.807) is 13.8 Å². The van der Waals surface area contributed by atoms with E-state index in [1.165, 1.54) is 25.7 Å². The zero-order chi connectivity index (χ0) is 15.6. The lowest BCUT2D eigenvalue weighted by Crippen LogP contribution is -2.19. The molecule has 4 nitrogen and oxygen atoms in total. The van der Waals surface area contributed by atoms with Gasteiger partial charge in [0.25, 0.3) is 0 Å². The van der Waals surface area contributed by atoms with E-state index >= 15 is 0 Å². The van der Waals surface area contributed by atoms with Crippen LogP contribution in [0.25, 0.3) is 0 Å². The summed E-state index contributed by atoms with van der Waals surface area (Å²) in [6, 6.07) is 0. The molecule has 4 heteroatoms. The van der Waals surface area contributed by atoms with Gasteiger partial charge >= 0.3 is 0 Å². The second-order valence-electron chi connectivity index (χ2n) is 6.95. The van der Waals surface area contributed by atoms with Crippen molar-refractivity contribution in [2.75, 3.05) is 19.8 Å². The molecule has 0 bridgehead atoms. The molecule has 0 radical (unpaired) electrons. The molecule has 2 unspecified atom stereocenters. The van der Waals surface area contributed by atoms with E-state index < -0.39 is 6.10 Å². The van der Waals surface area contributed by atoms with E-state index in [1.807, 2.05) is 0 Å². The van der Waals surface area contributed by atoms with Gasteiger partial charge in [-0.15, -0.1) is 0 Å². The molecular weight excluding hydrogens is 256 g/mol. The first-order chi connectivity index (χ1) is 9.24. The number of aliphatic hydroxyl groups excluding tert-OH is 2. The van der Waals surface area contributed by atoms with Gasteiger partial charge in [-0.1, -0.05) is 33.6 Å². The van der Waals surface area contributed by atoms with E-state index in [4.69, 9.17) is 19.7 Å². The minimum atomic E-state index is -0.445. The van der Waals surface area contributed by atoms with Crippen molar-refractivity contribution in [1.82, 2.24) is 0 Å². The second kappa shape index (κ2) is 10.6. The maximum Gasteiger partial charge on any atom is 0.0779 e. The summed E-state index contributed by atoms with van der Waals surface area (Å²) in [5.41, 5.74) is 0.336. The molecule has 0 saturated heterocycles. The summed E-state index contributed by atoms with van der Waals surface area (Å²) in [4.78, 5) is 0. The molecule has 20 heavy (non-hydrogen) atoms. The molecule has 2 atom stereocenters. The molecule has 0 amide bonds.